The Hall–Kier alpha value is -1.06. The van der Waals surface area contributed by atoms with Crippen molar-refractivity contribution in [2.45, 2.75) is 52.2 Å². The minimum Gasteiger partial charge on any atom is -0.488 e. The second-order valence-electron chi connectivity index (χ2n) is 5.68. The van der Waals surface area contributed by atoms with Crippen LogP contribution in [0.15, 0.2) is 24.3 Å². The Morgan fingerprint density at radius 2 is 1.84 bits per heavy atom. The van der Waals surface area contributed by atoms with Crippen molar-refractivity contribution >= 4 is 0 Å². The lowest BCUT2D eigenvalue weighted by atomic mass is 10.1. The first-order chi connectivity index (χ1) is 8.93. The highest BCUT2D eigenvalue weighted by Gasteiger charge is 2.20. The molecule has 1 rings (SSSR count). The van der Waals surface area contributed by atoms with Crippen LogP contribution >= 0.6 is 0 Å². The highest BCUT2D eigenvalue weighted by atomic mass is 16.5. The maximum atomic E-state index is 5.99. The fourth-order valence-electron chi connectivity index (χ4n) is 1.80. The summed E-state index contributed by atoms with van der Waals surface area (Å²) in [5.74, 6) is 0.908. The third kappa shape index (κ3) is 6.60. The molecule has 0 bridgehead atoms. The number of ether oxygens (including phenoxy) is 2. The monoisotopic (exact) mass is 265 g/mol. The molecule has 0 aromatic heterocycles. The van der Waals surface area contributed by atoms with Crippen molar-refractivity contribution in [3.05, 3.63) is 29.8 Å². The van der Waals surface area contributed by atoms with E-state index in [4.69, 9.17) is 15.2 Å². The second-order valence-corrected chi connectivity index (χ2v) is 5.68. The van der Waals surface area contributed by atoms with Gasteiger partial charge in [-0.2, -0.15) is 0 Å². The van der Waals surface area contributed by atoms with Crippen molar-refractivity contribution in [1.82, 2.24) is 0 Å². The predicted octanol–water partition coefficient (Wildman–Crippen LogP) is 3.30. The predicted molar refractivity (Wildman–Crippen MR) is 79.6 cm³/mol. The van der Waals surface area contributed by atoms with Gasteiger partial charge in [0.25, 0.3) is 0 Å². The zero-order valence-electron chi connectivity index (χ0n) is 12.6. The summed E-state index contributed by atoms with van der Waals surface area (Å²) in [7, 11) is 0. The van der Waals surface area contributed by atoms with Gasteiger partial charge in [0, 0.05) is 6.42 Å². The second kappa shape index (κ2) is 7.51. The first kappa shape index (κ1) is 16.0. The summed E-state index contributed by atoms with van der Waals surface area (Å²) >= 11 is 0. The summed E-state index contributed by atoms with van der Waals surface area (Å²) in [5.41, 5.74) is 6.51. The van der Waals surface area contributed by atoms with E-state index in [9.17, 15) is 0 Å². The van der Waals surface area contributed by atoms with Crippen LogP contribution in [0.5, 0.6) is 5.75 Å². The molecule has 0 fully saturated rings. The van der Waals surface area contributed by atoms with Crippen LogP contribution < -0.4 is 10.5 Å². The molecule has 0 aliphatic heterocycles. The summed E-state index contributed by atoms with van der Waals surface area (Å²) in [6.07, 6.45) is 1.98. The summed E-state index contributed by atoms with van der Waals surface area (Å²) in [5, 5.41) is 0. The van der Waals surface area contributed by atoms with E-state index >= 15 is 0 Å². The van der Waals surface area contributed by atoms with Crippen LogP contribution in [0, 0.1) is 6.92 Å². The van der Waals surface area contributed by atoms with Crippen LogP contribution in [0.25, 0.3) is 0 Å². The molecule has 108 valence electrons. The van der Waals surface area contributed by atoms with Gasteiger partial charge in [-0.1, -0.05) is 17.7 Å². The van der Waals surface area contributed by atoms with E-state index in [0.29, 0.717) is 13.2 Å². The third-order valence-electron chi connectivity index (χ3n) is 3.09. The molecule has 0 radical (unpaired) electrons. The molecule has 1 aromatic carbocycles. The van der Waals surface area contributed by atoms with Gasteiger partial charge in [-0.3, -0.25) is 0 Å². The quantitative estimate of drug-likeness (QED) is 0.784. The summed E-state index contributed by atoms with van der Waals surface area (Å²) < 4.78 is 11.7. The van der Waals surface area contributed by atoms with E-state index in [-0.39, 0.29) is 11.7 Å². The largest absolute Gasteiger partial charge is 0.488 e. The highest BCUT2D eigenvalue weighted by molar-refractivity contribution is 5.26. The Kier molecular flexibility index (Phi) is 6.32. The average Bonchev–Trinajstić information content (AvgIpc) is 2.32. The molecule has 0 amide bonds. The van der Waals surface area contributed by atoms with Gasteiger partial charge in [-0.05, 0) is 52.8 Å². The van der Waals surface area contributed by atoms with Gasteiger partial charge >= 0.3 is 0 Å². The van der Waals surface area contributed by atoms with Gasteiger partial charge in [-0.25, -0.2) is 0 Å². The van der Waals surface area contributed by atoms with Crippen molar-refractivity contribution in [2.24, 2.45) is 5.73 Å². The Morgan fingerprint density at radius 1 is 1.21 bits per heavy atom. The van der Waals surface area contributed by atoms with Gasteiger partial charge in [0.15, 0.2) is 0 Å². The lowest BCUT2D eigenvalue weighted by molar-refractivity contribution is 0.0145. The number of benzene rings is 1. The molecular formula is C16H27NO2. The minimum atomic E-state index is -0.225. The molecule has 0 aliphatic carbocycles. The molecule has 3 heteroatoms. The van der Waals surface area contributed by atoms with Crippen molar-refractivity contribution in [3.8, 4) is 5.75 Å². The minimum absolute atomic E-state index is 0.222. The van der Waals surface area contributed by atoms with Gasteiger partial charge < -0.3 is 15.2 Å². The van der Waals surface area contributed by atoms with Crippen LogP contribution in [-0.4, -0.2) is 24.9 Å². The van der Waals surface area contributed by atoms with Crippen LogP contribution in [0.3, 0.4) is 0 Å². The smallest absolute Gasteiger partial charge is 0.120 e. The number of rotatable bonds is 8. The lowest BCUT2D eigenvalue weighted by Crippen LogP contribution is -2.30. The SMILES string of the molecule is Cc1ccc(OC(C)(C)CCOC(C)CCN)cc1. The number of nitrogens with two attached hydrogens (primary N) is 1. The fraction of sp³-hybridized carbons (Fsp3) is 0.625. The molecule has 2 N–H and O–H groups in total. The van der Waals surface area contributed by atoms with Crippen molar-refractivity contribution in [3.63, 3.8) is 0 Å². The Balaban J connectivity index is 2.37. The van der Waals surface area contributed by atoms with E-state index in [1.165, 1.54) is 5.56 Å². The molecule has 0 spiro atoms. The van der Waals surface area contributed by atoms with E-state index in [1.54, 1.807) is 0 Å². The summed E-state index contributed by atoms with van der Waals surface area (Å²) in [4.78, 5) is 0. The molecule has 0 saturated carbocycles. The molecular weight excluding hydrogens is 238 g/mol. The average molecular weight is 265 g/mol. The molecule has 3 nitrogen and oxygen atoms in total. The molecule has 0 aliphatic rings. The van der Waals surface area contributed by atoms with Crippen LogP contribution in [0.2, 0.25) is 0 Å². The summed E-state index contributed by atoms with van der Waals surface area (Å²) in [6.45, 7) is 9.67. The summed E-state index contributed by atoms with van der Waals surface area (Å²) in [6, 6.07) is 8.14. The first-order valence-electron chi connectivity index (χ1n) is 7.00. The molecule has 1 atom stereocenters. The normalized spacial score (nSPS) is 13.3. The van der Waals surface area contributed by atoms with Crippen molar-refractivity contribution in [2.75, 3.05) is 13.2 Å². The zero-order valence-corrected chi connectivity index (χ0v) is 12.6. The third-order valence-corrected chi connectivity index (χ3v) is 3.09. The Bertz CT molecular complexity index is 360. The van der Waals surface area contributed by atoms with Gasteiger partial charge in [0.2, 0.25) is 0 Å². The van der Waals surface area contributed by atoms with Gasteiger partial charge in [0.05, 0.1) is 12.7 Å². The molecule has 1 aromatic rings. The van der Waals surface area contributed by atoms with Gasteiger partial charge in [0.1, 0.15) is 11.4 Å². The van der Waals surface area contributed by atoms with Gasteiger partial charge in [-0.15, -0.1) is 0 Å². The Morgan fingerprint density at radius 3 is 2.42 bits per heavy atom. The number of hydrogen-bond donors (Lipinski definition) is 1. The number of aryl methyl sites for hydroxylation is 1. The molecule has 19 heavy (non-hydrogen) atoms. The maximum Gasteiger partial charge on any atom is 0.120 e. The number of hydrogen-bond acceptors (Lipinski definition) is 3. The van der Waals surface area contributed by atoms with Crippen LogP contribution in [0.4, 0.5) is 0 Å². The lowest BCUT2D eigenvalue weighted by Gasteiger charge is -2.27. The fourth-order valence-corrected chi connectivity index (χ4v) is 1.80. The maximum absolute atomic E-state index is 5.99. The van der Waals surface area contributed by atoms with Crippen LogP contribution in [0.1, 0.15) is 39.2 Å². The first-order valence-corrected chi connectivity index (χ1v) is 7.00. The Labute approximate surface area is 117 Å². The van der Waals surface area contributed by atoms with Crippen molar-refractivity contribution < 1.29 is 9.47 Å². The highest BCUT2D eigenvalue weighted by Crippen LogP contribution is 2.21. The van der Waals surface area contributed by atoms with E-state index in [2.05, 4.69) is 39.8 Å². The van der Waals surface area contributed by atoms with E-state index in [0.717, 1.165) is 18.6 Å². The van der Waals surface area contributed by atoms with Crippen molar-refractivity contribution in [1.29, 1.82) is 0 Å². The van der Waals surface area contributed by atoms with Crippen LogP contribution in [-0.2, 0) is 4.74 Å². The zero-order chi connectivity index (χ0) is 14.3. The molecule has 0 saturated heterocycles. The topological polar surface area (TPSA) is 44.5 Å². The van der Waals surface area contributed by atoms with E-state index < -0.39 is 0 Å². The standard InChI is InChI=1S/C16H27NO2/c1-13-5-7-15(8-6-13)19-16(3,4)10-12-18-14(2)9-11-17/h5-8,14H,9-12,17H2,1-4H3. The molecule has 1 unspecified atom stereocenters. The molecule has 0 heterocycles. The van der Waals surface area contributed by atoms with E-state index in [1.807, 2.05) is 12.1 Å².